The van der Waals surface area contributed by atoms with Gasteiger partial charge in [-0.2, -0.15) is 0 Å². The van der Waals surface area contributed by atoms with Gasteiger partial charge in [0, 0.05) is 41.8 Å². The molecule has 1 saturated heterocycles. The lowest BCUT2D eigenvalue weighted by Crippen LogP contribution is -2.47. The van der Waals surface area contributed by atoms with Crippen LogP contribution in [0, 0.1) is 11.8 Å². The fourth-order valence-corrected chi connectivity index (χ4v) is 4.55. The van der Waals surface area contributed by atoms with E-state index in [0.717, 1.165) is 30.4 Å². The number of anilines is 1. The summed E-state index contributed by atoms with van der Waals surface area (Å²) in [6.07, 6.45) is 5.87. The van der Waals surface area contributed by atoms with Crippen molar-refractivity contribution >= 4 is 35.1 Å². The van der Waals surface area contributed by atoms with Crippen LogP contribution in [-0.4, -0.2) is 24.1 Å². The van der Waals surface area contributed by atoms with Gasteiger partial charge in [0.05, 0.1) is 5.52 Å². The van der Waals surface area contributed by atoms with E-state index in [2.05, 4.69) is 46.6 Å². The van der Waals surface area contributed by atoms with Gasteiger partial charge < -0.3 is 10.6 Å². The minimum atomic E-state index is 0.289. The highest BCUT2D eigenvalue weighted by molar-refractivity contribution is 7.37. The molecule has 2 N–H and O–H groups in total. The van der Waals surface area contributed by atoms with Gasteiger partial charge in [0.2, 0.25) is 0 Å². The molecule has 1 aromatic carbocycles. The first-order chi connectivity index (χ1) is 11.1. The maximum atomic E-state index is 6.38. The van der Waals surface area contributed by atoms with Crippen molar-refractivity contribution in [3.05, 3.63) is 36.0 Å². The maximum Gasteiger partial charge on any atom is 0.0764 e. The molecule has 23 heavy (non-hydrogen) atoms. The van der Waals surface area contributed by atoms with E-state index in [0.29, 0.717) is 5.40 Å². The first kappa shape index (κ1) is 15.8. The molecule has 0 spiro atoms. The summed E-state index contributed by atoms with van der Waals surface area (Å²) < 4.78 is 0. The molecule has 122 valence electrons. The van der Waals surface area contributed by atoms with Crippen molar-refractivity contribution in [3.63, 3.8) is 0 Å². The van der Waals surface area contributed by atoms with Crippen molar-refractivity contribution in [1.29, 1.82) is 0 Å². The number of pyridine rings is 1. The minimum Gasteiger partial charge on any atom is -0.369 e. The number of nitrogens with two attached hydrogens (primary N) is 1. The quantitative estimate of drug-likeness (QED) is 0.865. The Bertz CT molecular complexity index is 714. The van der Waals surface area contributed by atoms with Gasteiger partial charge in [-0.15, -0.1) is 18.5 Å². The van der Waals surface area contributed by atoms with Crippen LogP contribution in [0.2, 0.25) is 0 Å². The summed E-state index contributed by atoms with van der Waals surface area (Å²) in [7, 11) is 5.70. The summed E-state index contributed by atoms with van der Waals surface area (Å²) in [5.74, 6) is 1.68. The highest BCUT2D eigenvalue weighted by Crippen LogP contribution is 2.43. The predicted molar refractivity (Wildman–Crippen MR) is 105 cm³/mol. The van der Waals surface area contributed by atoms with Crippen LogP contribution in [0.1, 0.15) is 30.2 Å². The van der Waals surface area contributed by atoms with E-state index in [-0.39, 0.29) is 6.04 Å². The van der Waals surface area contributed by atoms with Gasteiger partial charge in [0.25, 0.3) is 0 Å². The largest absolute Gasteiger partial charge is 0.369 e. The second-order valence-corrected chi connectivity index (χ2v) is 9.30. The van der Waals surface area contributed by atoms with E-state index in [1.165, 1.54) is 35.9 Å². The van der Waals surface area contributed by atoms with Gasteiger partial charge in [0.15, 0.2) is 0 Å². The number of fused-ring (bicyclic) bond motifs is 1. The van der Waals surface area contributed by atoms with Crippen molar-refractivity contribution in [3.8, 4) is 0 Å². The molecule has 2 heterocycles. The van der Waals surface area contributed by atoms with Crippen LogP contribution in [0.5, 0.6) is 0 Å². The number of benzene rings is 1. The number of rotatable bonds is 3. The van der Waals surface area contributed by atoms with Gasteiger partial charge in [-0.25, -0.2) is 0 Å². The molecule has 1 aliphatic carbocycles. The SMILES string of the molecule is NC1CC(C2CC2)CN(c2ccc(C(P)P)c3ncccc23)C1. The van der Waals surface area contributed by atoms with Gasteiger partial charge in [-0.05, 0) is 54.9 Å². The first-order valence-electron chi connectivity index (χ1n) is 8.53. The highest BCUT2D eigenvalue weighted by atomic mass is 31.1. The molecule has 0 amide bonds. The van der Waals surface area contributed by atoms with Gasteiger partial charge >= 0.3 is 0 Å². The van der Waals surface area contributed by atoms with E-state index in [1.807, 2.05) is 12.3 Å². The summed E-state index contributed by atoms with van der Waals surface area (Å²) in [4.78, 5) is 7.16. The van der Waals surface area contributed by atoms with Crippen LogP contribution >= 0.6 is 18.5 Å². The number of aromatic nitrogens is 1. The third kappa shape index (κ3) is 3.12. The molecule has 4 atom stereocenters. The van der Waals surface area contributed by atoms with E-state index in [1.54, 1.807) is 0 Å². The Labute approximate surface area is 142 Å². The smallest absolute Gasteiger partial charge is 0.0764 e. The lowest BCUT2D eigenvalue weighted by Gasteiger charge is -2.38. The van der Waals surface area contributed by atoms with Gasteiger partial charge in [-0.1, -0.05) is 6.07 Å². The zero-order valence-corrected chi connectivity index (χ0v) is 15.7. The minimum absolute atomic E-state index is 0.289. The zero-order valence-electron chi connectivity index (χ0n) is 13.4. The number of piperidine rings is 1. The Morgan fingerprint density at radius 3 is 2.70 bits per heavy atom. The highest BCUT2D eigenvalue weighted by Gasteiger charge is 2.36. The number of nitrogens with zero attached hydrogens (tertiary/aromatic N) is 2. The summed E-state index contributed by atoms with van der Waals surface area (Å²) in [6.45, 7) is 2.10. The molecule has 1 aromatic heterocycles. The lowest BCUT2D eigenvalue weighted by atomic mass is 9.90. The average Bonchev–Trinajstić information content (AvgIpc) is 3.38. The normalized spacial score (nSPS) is 25.3. The Hall–Kier alpha value is -0.750. The van der Waals surface area contributed by atoms with Crippen LogP contribution in [0.15, 0.2) is 30.5 Å². The molecule has 2 fully saturated rings. The molecule has 4 unspecified atom stereocenters. The molecule has 5 heteroatoms. The van der Waals surface area contributed by atoms with Crippen LogP contribution in [0.4, 0.5) is 5.69 Å². The Morgan fingerprint density at radius 1 is 1.13 bits per heavy atom. The standard InChI is InChI=1S/C18H25N3P2/c19-13-8-12(11-3-4-11)9-21(10-13)16-6-5-15(18(22)23)17-14(16)2-1-7-20-17/h1-2,5-7,11-13,18H,3-4,8-10,19,22-23H2. The summed E-state index contributed by atoms with van der Waals surface area (Å²) in [6, 6.07) is 9.02. The summed E-state index contributed by atoms with van der Waals surface area (Å²) >= 11 is 0. The molecular formula is C18H25N3P2. The molecule has 0 radical (unpaired) electrons. The van der Waals surface area contributed by atoms with Crippen molar-refractivity contribution in [2.45, 2.75) is 30.7 Å². The molecule has 4 rings (SSSR count). The lowest BCUT2D eigenvalue weighted by molar-refractivity contribution is 0.342. The molecule has 1 saturated carbocycles. The van der Waals surface area contributed by atoms with Crippen molar-refractivity contribution < 1.29 is 0 Å². The fraction of sp³-hybridized carbons (Fsp3) is 0.500. The van der Waals surface area contributed by atoms with Crippen molar-refractivity contribution in [1.82, 2.24) is 4.98 Å². The Kier molecular flexibility index (Phi) is 4.30. The number of hydrogen-bond donors (Lipinski definition) is 1. The third-order valence-corrected chi connectivity index (χ3v) is 6.00. The van der Waals surface area contributed by atoms with Crippen LogP contribution in [-0.2, 0) is 0 Å². The summed E-state index contributed by atoms with van der Waals surface area (Å²) in [5, 5.41) is 1.58. The molecule has 3 nitrogen and oxygen atoms in total. The van der Waals surface area contributed by atoms with E-state index in [4.69, 9.17) is 5.73 Å². The predicted octanol–water partition coefficient (Wildman–Crippen LogP) is 3.55. The molecule has 0 bridgehead atoms. The second-order valence-electron chi connectivity index (χ2n) is 7.10. The van der Waals surface area contributed by atoms with Crippen molar-refractivity contribution in [2.75, 3.05) is 18.0 Å². The Balaban J connectivity index is 1.74. The Morgan fingerprint density at radius 2 is 1.96 bits per heavy atom. The fourth-order valence-electron chi connectivity index (χ4n) is 4.01. The molecule has 1 aliphatic heterocycles. The van der Waals surface area contributed by atoms with Crippen molar-refractivity contribution in [2.24, 2.45) is 17.6 Å². The topological polar surface area (TPSA) is 42.1 Å². The zero-order chi connectivity index (χ0) is 16.0. The molecule has 2 aromatic rings. The second kappa shape index (κ2) is 6.28. The average molecular weight is 345 g/mol. The summed E-state index contributed by atoms with van der Waals surface area (Å²) in [5.41, 5.74) is 10.1. The molecule has 2 aliphatic rings. The van der Waals surface area contributed by atoms with E-state index >= 15 is 0 Å². The first-order valence-corrected chi connectivity index (χ1v) is 9.86. The van der Waals surface area contributed by atoms with E-state index < -0.39 is 0 Å². The van der Waals surface area contributed by atoms with Crippen LogP contribution in [0.25, 0.3) is 10.9 Å². The molecular weight excluding hydrogens is 320 g/mol. The van der Waals surface area contributed by atoms with Crippen LogP contribution < -0.4 is 10.6 Å². The number of hydrogen-bond acceptors (Lipinski definition) is 3. The van der Waals surface area contributed by atoms with Gasteiger partial charge in [0.1, 0.15) is 0 Å². The maximum absolute atomic E-state index is 6.38. The van der Waals surface area contributed by atoms with E-state index in [9.17, 15) is 0 Å². The van der Waals surface area contributed by atoms with Crippen LogP contribution in [0.3, 0.4) is 0 Å². The third-order valence-electron chi connectivity index (χ3n) is 5.28. The van der Waals surface area contributed by atoms with Gasteiger partial charge in [-0.3, -0.25) is 4.98 Å². The monoisotopic (exact) mass is 345 g/mol.